The summed E-state index contributed by atoms with van der Waals surface area (Å²) < 4.78 is 46.3. The van der Waals surface area contributed by atoms with Gasteiger partial charge >= 0.3 is 0 Å². The number of anilines is 1. The van der Waals surface area contributed by atoms with Gasteiger partial charge in [0.15, 0.2) is 5.75 Å². The Hall–Kier alpha value is -0.830. The largest absolute Gasteiger partial charge is 0.494 e. The van der Waals surface area contributed by atoms with Gasteiger partial charge in [-0.25, -0.2) is 12.8 Å². The van der Waals surface area contributed by atoms with Gasteiger partial charge in [-0.05, 0) is 62.2 Å². The average Bonchev–Trinajstić information content (AvgIpc) is 2.41. The van der Waals surface area contributed by atoms with Crippen molar-refractivity contribution in [1.82, 2.24) is 0 Å². The van der Waals surface area contributed by atoms with E-state index in [-0.39, 0.29) is 25.8 Å². The number of hydrogen-bond donors (Lipinski definition) is 1. The third-order valence-electron chi connectivity index (χ3n) is 2.64. The van der Waals surface area contributed by atoms with Crippen LogP contribution in [0.2, 0.25) is 5.02 Å². The summed E-state index contributed by atoms with van der Waals surface area (Å²) in [5.41, 5.74) is 0.194. The molecule has 0 radical (unpaired) electrons. The van der Waals surface area contributed by atoms with Crippen LogP contribution in [0.1, 0.15) is 0 Å². The van der Waals surface area contributed by atoms with Crippen molar-refractivity contribution in [2.24, 2.45) is 0 Å². The van der Waals surface area contributed by atoms with Crippen molar-refractivity contribution in [2.75, 3.05) is 11.8 Å². The molecular formula is C13H9Br2ClFNO3S. The van der Waals surface area contributed by atoms with Gasteiger partial charge in [0.25, 0.3) is 10.0 Å². The van der Waals surface area contributed by atoms with E-state index in [1.54, 1.807) is 0 Å². The van der Waals surface area contributed by atoms with Gasteiger partial charge in [-0.1, -0.05) is 11.6 Å². The number of hydrogen-bond acceptors (Lipinski definition) is 3. The normalized spacial score (nSPS) is 11.3. The molecule has 0 bridgehead atoms. The van der Waals surface area contributed by atoms with Crippen molar-refractivity contribution >= 4 is 59.2 Å². The van der Waals surface area contributed by atoms with Crippen LogP contribution in [0, 0.1) is 5.82 Å². The summed E-state index contributed by atoms with van der Waals surface area (Å²) in [7, 11) is -2.63. The maximum atomic E-state index is 13.1. The van der Waals surface area contributed by atoms with Crippen molar-refractivity contribution in [2.45, 2.75) is 4.90 Å². The molecule has 0 heterocycles. The highest BCUT2D eigenvalue weighted by Gasteiger charge is 2.23. The van der Waals surface area contributed by atoms with Crippen LogP contribution in [0.25, 0.3) is 0 Å². The molecule has 1 N–H and O–H groups in total. The summed E-state index contributed by atoms with van der Waals surface area (Å²) in [6.07, 6.45) is 0. The van der Waals surface area contributed by atoms with E-state index in [1.807, 2.05) is 0 Å². The monoisotopic (exact) mass is 471 g/mol. The van der Waals surface area contributed by atoms with Crippen molar-refractivity contribution in [3.63, 3.8) is 0 Å². The predicted molar refractivity (Wildman–Crippen MR) is 90.6 cm³/mol. The zero-order valence-corrected chi connectivity index (χ0v) is 15.8. The van der Waals surface area contributed by atoms with E-state index in [4.69, 9.17) is 16.3 Å². The van der Waals surface area contributed by atoms with Gasteiger partial charge < -0.3 is 4.74 Å². The summed E-state index contributed by atoms with van der Waals surface area (Å²) in [5.74, 6) is -0.368. The van der Waals surface area contributed by atoms with Gasteiger partial charge in [-0.15, -0.1) is 0 Å². The summed E-state index contributed by atoms with van der Waals surface area (Å²) >= 11 is 12.2. The van der Waals surface area contributed by atoms with Crippen molar-refractivity contribution in [3.05, 3.63) is 50.1 Å². The fraction of sp³-hybridized carbons (Fsp3) is 0.0769. The lowest BCUT2D eigenvalue weighted by atomic mass is 10.3. The van der Waals surface area contributed by atoms with E-state index in [0.717, 1.165) is 12.1 Å². The highest BCUT2D eigenvalue weighted by Crippen LogP contribution is 2.36. The predicted octanol–water partition coefficient (Wildman–Crippen LogP) is 4.81. The first kappa shape index (κ1) is 17.5. The minimum Gasteiger partial charge on any atom is -0.494 e. The molecule has 0 saturated carbocycles. The molecule has 0 aliphatic heterocycles. The molecule has 9 heteroatoms. The summed E-state index contributed by atoms with van der Waals surface area (Å²) in [6, 6.07) is 6.40. The van der Waals surface area contributed by atoms with Crippen LogP contribution in [0.4, 0.5) is 10.1 Å². The molecule has 0 fully saturated rings. The summed E-state index contributed by atoms with van der Waals surface area (Å²) in [4.78, 5) is -0.134. The fourth-order valence-electron chi connectivity index (χ4n) is 1.71. The van der Waals surface area contributed by atoms with Crippen molar-refractivity contribution in [3.8, 4) is 5.75 Å². The Balaban J connectivity index is 2.51. The number of rotatable bonds is 4. The molecule has 0 atom stereocenters. The van der Waals surface area contributed by atoms with E-state index in [2.05, 4.69) is 36.6 Å². The third kappa shape index (κ3) is 3.73. The Morgan fingerprint density at radius 1 is 1.18 bits per heavy atom. The second-order valence-electron chi connectivity index (χ2n) is 4.15. The Kier molecular flexibility index (Phi) is 5.37. The number of halogens is 4. The molecule has 118 valence electrons. The molecule has 0 aromatic heterocycles. The highest BCUT2D eigenvalue weighted by atomic mass is 79.9. The van der Waals surface area contributed by atoms with Gasteiger partial charge in [-0.3, -0.25) is 4.72 Å². The Labute approximate surface area is 148 Å². The second-order valence-corrected chi connectivity index (χ2v) is 7.94. The molecule has 22 heavy (non-hydrogen) atoms. The van der Waals surface area contributed by atoms with Crippen LogP contribution < -0.4 is 9.46 Å². The fourth-order valence-corrected chi connectivity index (χ4v) is 4.75. The second kappa shape index (κ2) is 6.74. The number of sulfonamides is 1. The molecule has 0 aliphatic carbocycles. The number of ether oxygens (including phenoxy) is 1. The van der Waals surface area contributed by atoms with E-state index in [0.29, 0.717) is 4.47 Å². The topological polar surface area (TPSA) is 55.4 Å². The first-order valence-electron chi connectivity index (χ1n) is 5.75. The molecular weight excluding hydrogens is 464 g/mol. The highest BCUT2D eigenvalue weighted by molar-refractivity contribution is 9.11. The molecule has 0 amide bonds. The molecule has 2 aromatic rings. The van der Waals surface area contributed by atoms with Gasteiger partial charge in [0.2, 0.25) is 0 Å². The van der Waals surface area contributed by atoms with Gasteiger partial charge in [0, 0.05) is 9.50 Å². The number of methoxy groups -OCH3 is 1. The zero-order chi connectivity index (χ0) is 16.5. The maximum absolute atomic E-state index is 13.1. The van der Waals surface area contributed by atoms with Crippen molar-refractivity contribution in [1.29, 1.82) is 0 Å². The quantitative estimate of drug-likeness (QED) is 0.693. The van der Waals surface area contributed by atoms with Crippen LogP contribution >= 0.6 is 43.5 Å². The van der Waals surface area contributed by atoms with Crippen LogP contribution in [-0.2, 0) is 10.0 Å². The van der Waals surface area contributed by atoms with Crippen LogP contribution in [0.5, 0.6) is 5.75 Å². The third-order valence-corrected chi connectivity index (χ3v) is 5.48. The lowest BCUT2D eigenvalue weighted by Crippen LogP contribution is -2.14. The van der Waals surface area contributed by atoms with E-state index >= 15 is 0 Å². The standard InChI is InChI=1S/C13H9Br2ClFNO3S/c1-21-13-10(15)4-7(16)5-12(13)22(19,20)18-11-3-2-8(17)6-9(11)14/h2-6,18H,1H3. The Morgan fingerprint density at radius 2 is 1.86 bits per heavy atom. The SMILES string of the molecule is COc1c(Br)cc(Cl)cc1S(=O)(=O)Nc1ccc(F)cc1Br. The first-order chi connectivity index (χ1) is 10.2. The minimum atomic E-state index is -3.98. The number of nitrogens with one attached hydrogen (secondary N) is 1. The summed E-state index contributed by atoms with van der Waals surface area (Å²) in [5, 5.41) is 0.228. The van der Waals surface area contributed by atoms with Gasteiger partial charge in [0.1, 0.15) is 10.7 Å². The lowest BCUT2D eigenvalue weighted by Gasteiger charge is -2.14. The molecule has 2 rings (SSSR count). The lowest BCUT2D eigenvalue weighted by molar-refractivity contribution is 0.400. The van der Waals surface area contributed by atoms with Crippen molar-refractivity contribution < 1.29 is 17.5 Å². The molecule has 0 unspecified atom stereocenters. The van der Waals surface area contributed by atoms with Crippen LogP contribution in [0.3, 0.4) is 0 Å². The van der Waals surface area contributed by atoms with Crippen LogP contribution in [0.15, 0.2) is 44.2 Å². The maximum Gasteiger partial charge on any atom is 0.265 e. The van der Waals surface area contributed by atoms with E-state index < -0.39 is 15.8 Å². The van der Waals surface area contributed by atoms with E-state index in [9.17, 15) is 12.8 Å². The Morgan fingerprint density at radius 3 is 2.45 bits per heavy atom. The number of benzene rings is 2. The molecule has 2 aromatic carbocycles. The zero-order valence-electron chi connectivity index (χ0n) is 11.0. The van der Waals surface area contributed by atoms with Crippen LogP contribution in [-0.4, -0.2) is 15.5 Å². The average molecular weight is 474 g/mol. The smallest absolute Gasteiger partial charge is 0.265 e. The minimum absolute atomic E-state index is 0.120. The molecule has 0 spiro atoms. The molecule has 0 saturated heterocycles. The van der Waals surface area contributed by atoms with E-state index in [1.165, 1.54) is 25.3 Å². The molecule has 0 aliphatic rings. The van der Waals surface area contributed by atoms with Gasteiger partial charge in [0.05, 0.1) is 17.3 Å². The molecule has 4 nitrogen and oxygen atoms in total. The Bertz CT molecular complexity index is 830. The summed E-state index contributed by atoms with van der Waals surface area (Å²) in [6.45, 7) is 0. The first-order valence-corrected chi connectivity index (χ1v) is 9.20. The van der Waals surface area contributed by atoms with Gasteiger partial charge in [-0.2, -0.15) is 0 Å².